The van der Waals surface area contributed by atoms with Gasteiger partial charge in [0.25, 0.3) is 0 Å². The molecule has 1 aliphatic carbocycles. The first kappa shape index (κ1) is 13.3. The number of carbonyl (C=O) groups excluding carboxylic acids is 1. The molecule has 1 saturated heterocycles. The van der Waals surface area contributed by atoms with Crippen LogP contribution in [0.3, 0.4) is 0 Å². The monoisotopic (exact) mass is 256 g/mol. The van der Waals surface area contributed by atoms with Crippen LogP contribution in [0, 0.1) is 0 Å². The predicted octanol–water partition coefficient (Wildman–Crippen LogP) is -0.171. The Kier molecular flexibility index (Phi) is 4.19. The number of nitrogens with zero attached hydrogens (tertiary/aromatic N) is 1. The standard InChI is InChI=1S/C12H20N2O4/c1-14(8-2-3-8)7-6-13-11(15)9-4-5-10(18-9)12(16)17/h8-10H,2-7H2,1H3,(H,13,15)(H,16,17). The highest BCUT2D eigenvalue weighted by Crippen LogP contribution is 2.24. The largest absolute Gasteiger partial charge is 0.479 e. The molecular weight excluding hydrogens is 236 g/mol. The van der Waals surface area contributed by atoms with E-state index in [-0.39, 0.29) is 5.91 Å². The Morgan fingerprint density at radius 3 is 2.50 bits per heavy atom. The SMILES string of the molecule is CN(CCNC(=O)C1CCC(C(=O)O)O1)C1CC1. The lowest BCUT2D eigenvalue weighted by molar-refractivity contribution is -0.151. The number of ether oxygens (including phenoxy) is 1. The number of nitrogens with one attached hydrogen (secondary N) is 1. The van der Waals surface area contributed by atoms with Gasteiger partial charge in [-0.1, -0.05) is 0 Å². The van der Waals surface area contributed by atoms with Crippen LogP contribution in [0.5, 0.6) is 0 Å². The van der Waals surface area contributed by atoms with Crippen molar-refractivity contribution in [3.8, 4) is 0 Å². The van der Waals surface area contributed by atoms with Crippen molar-refractivity contribution in [2.45, 2.75) is 43.9 Å². The zero-order chi connectivity index (χ0) is 13.1. The van der Waals surface area contributed by atoms with E-state index < -0.39 is 18.2 Å². The lowest BCUT2D eigenvalue weighted by atomic mass is 10.2. The third-order valence-electron chi connectivity index (χ3n) is 3.52. The molecule has 1 heterocycles. The number of amides is 1. The second-order valence-electron chi connectivity index (χ2n) is 5.03. The summed E-state index contributed by atoms with van der Waals surface area (Å²) in [7, 11) is 2.05. The summed E-state index contributed by atoms with van der Waals surface area (Å²) in [6.07, 6.45) is 1.97. The molecule has 0 aromatic carbocycles. The molecule has 2 rings (SSSR count). The number of carboxylic acids is 1. The zero-order valence-electron chi connectivity index (χ0n) is 10.6. The quantitative estimate of drug-likeness (QED) is 0.690. The number of hydrogen-bond acceptors (Lipinski definition) is 4. The van der Waals surface area contributed by atoms with Crippen molar-refractivity contribution in [2.75, 3.05) is 20.1 Å². The number of hydrogen-bond donors (Lipinski definition) is 2. The van der Waals surface area contributed by atoms with E-state index in [0.29, 0.717) is 25.4 Å². The molecule has 0 spiro atoms. The van der Waals surface area contributed by atoms with Gasteiger partial charge in [-0.05, 0) is 32.7 Å². The fraction of sp³-hybridized carbons (Fsp3) is 0.833. The van der Waals surface area contributed by atoms with Gasteiger partial charge in [0.1, 0.15) is 6.10 Å². The average molecular weight is 256 g/mol. The molecule has 2 unspecified atom stereocenters. The van der Waals surface area contributed by atoms with Crippen molar-refractivity contribution in [3.05, 3.63) is 0 Å². The topological polar surface area (TPSA) is 78.9 Å². The number of carboxylic acid groups (broad SMARTS) is 1. The Bertz CT molecular complexity index is 330. The molecule has 1 aliphatic heterocycles. The van der Waals surface area contributed by atoms with Gasteiger partial charge in [-0.2, -0.15) is 0 Å². The minimum absolute atomic E-state index is 0.192. The maximum Gasteiger partial charge on any atom is 0.332 e. The molecule has 1 amide bonds. The molecule has 0 bridgehead atoms. The van der Waals surface area contributed by atoms with Crippen LogP contribution in [0.25, 0.3) is 0 Å². The van der Waals surface area contributed by atoms with Crippen LogP contribution in [0.4, 0.5) is 0 Å². The molecule has 2 aliphatic rings. The van der Waals surface area contributed by atoms with E-state index >= 15 is 0 Å². The van der Waals surface area contributed by atoms with Gasteiger partial charge >= 0.3 is 5.97 Å². The van der Waals surface area contributed by atoms with Crippen LogP contribution in [0.15, 0.2) is 0 Å². The van der Waals surface area contributed by atoms with Gasteiger partial charge in [0.2, 0.25) is 5.91 Å². The van der Waals surface area contributed by atoms with E-state index in [1.54, 1.807) is 0 Å². The maximum atomic E-state index is 11.7. The molecule has 2 fully saturated rings. The van der Waals surface area contributed by atoms with Crippen molar-refractivity contribution >= 4 is 11.9 Å². The number of likely N-dealkylation sites (N-methyl/N-ethyl adjacent to an activating group) is 1. The van der Waals surface area contributed by atoms with E-state index in [1.807, 2.05) is 0 Å². The van der Waals surface area contributed by atoms with Crippen LogP contribution in [0.2, 0.25) is 0 Å². The summed E-state index contributed by atoms with van der Waals surface area (Å²) in [6, 6.07) is 0.682. The Labute approximate surface area is 106 Å². The molecule has 6 heteroatoms. The Balaban J connectivity index is 1.64. The van der Waals surface area contributed by atoms with Crippen LogP contribution < -0.4 is 5.32 Å². The maximum absolute atomic E-state index is 11.7. The normalized spacial score (nSPS) is 27.4. The molecule has 6 nitrogen and oxygen atoms in total. The van der Waals surface area contributed by atoms with Crippen LogP contribution in [-0.2, 0) is 14.3 Å². The second kappa shape index (κ2) is 5.67. The third kappa shape index (κ3) is 3.43. The molecule has 1 saturated carbocycles. The summed E-state index contributed by atoms with van der Waals surface area (Å²) in [5, 5.41) is 11.6. The molecule has 0 aromatic rings. The van der Waals surface area contributed by atoms with Gasteiger partial charge in [-0.3, -0.25) is 4.79 Å². The first-order valence-electron chi connectivity index (χ1n) is 6.44. The number of rotatable bonds is 6. The van der Waals surface area contributed by atoms with Crippen molar-refractivity contribution in [1.29, 1.82) is 0 Å². The third-order valence-corrected chi connectivity index (χ3v) is 3.52. The fourth-order valence-corrected chi connectivity index (χ4v) is 2.18. The van der Waals surface area contributed by atoms with Gasteiger partial charge in [0, 0.05) is 19.1 Å². The molecule has 18 heavy (non-hydrogen) atoms. The summed E-state index contributed by atoms with van der Waals surface area (Å²) >= 11 is 0. The molecular formula is C12H20N2O4. The van der Waals surface area contributed by atoms with E-state index in [4.69, 9.17) is 9.84 Å². The summed E-state index contributed by atoms with van der Waals surface area (Å²) in [6.45, 7) is 1.41. The van der Waals surface area contributed by atoms with Gasteiger partial charge in [0.15, 0.2) is 6.10 Å². The summed E-state index contributed by atoms with van der Waals surface area (Å²) in [4.78, 5) is 24.7. The molecule has 0 radical (unpaired) electrons. The van der Waals surface area contributed by atoms with E-state index in [0.717, 1.165) is 6.54 Å². The number of aliphatic carboxylic acids is 1. The highest BCUT2D eigenvalue weighted by molar-refractivity contribution is 5.82. The zero-order valence-corrected chi connectivity index (χ0v) is 10.6. The lowest BCUT2D eigenvalue weighted by Crippen LogP contribution is -2.39. The van der Waals surface area contributed by atoms with E-state index in [9.17, 15) is 9.59 Å². The smallest absolute Gasteiger partial charge is 0.332 e. The minimum atomic E-state index is -0.987. The Morgan fingerprint density at radius 1 is 1.28 bits per heavy atom. The fourth-order valence-electron chi connectivity index (χ4n) is 2.18. The van der Waals surface area contributed by atoms with Crippen LogP contribution in [0.1, 0.15) is 25.7 Å². The molecule has 2 N–H and O–H groups in total. The van der Waals surface area contributed by atoms with Gasteiger partial charge in [0.05, 0.1) is 0 Å². The molecule has 102 valence electrons. The highest BCUT2D eigenvalue weighted by Gasteiger charge is 2.34. The van der Waals surface area contributed by atoms with Crippen LogP contribution >= 0.6 is 0 Å². The highest BCUT2D eigenvalue weighted by atomic mass is 16.5. The molecule has 2 atom stereocenters. The van der Waals surface area contributed by atoms with E-state index in [2.05, 4.69) is 17.3 Å². The first-order chi connectivity index (χ1) is 8.58. The van der Waals surface area contributed by atoms with Gasteiger partial charge in [-0.25, -0.2) is 4.79 Å². The summed E-state index contributed by atoms with van der Waals surface area (Å²) < 4.78 is 5.18. The van der Waals surface area contributed by atoms with Crippen LogP contribution in [-0.4, -0.2) is 60.3 Å². The predicted molar refractivity (Wildman–Crippen MR) is 64.2 cm³/mol. The summed E-state index contributed by atoms with van der Waals surface area (Å²) in [5.41, 5.74) is 0. The summed E-state index contributed by atoms with van der Waals surface area (Å²) in [5.74, 6) is -1.18. The van der Waals surface area contributed by atoms with Gasteiger partial charge in [-0.15, -0.1) is 0 Å². The lowest BCUT2D eigenvalue weighted by Gasteiger charge is -2.17. The Hall–Kier alpha value is -1.14. The first-order valence-corrected chi connectivity index (χ1v) is 6.44. The second-order valence-corrected chi connectivity index (χ2v) is 5.03. The minimum Gasteiger partial charge on any atom is -0.479 e. The average Bonchev–Trinajstić information content (AvgIpc) is 3.05. The Morgan fingerprint density at radius 2 is 1.94 bits per heavy atom. The van der Waals surface area contributed by atoms with Gasteiger partial charge < -0.3 is 20.1 Å². The molecule has 0 aromatic heterocycles. The van der Waals surface area contributed by atoms with Crippen molar-refractivity contribution in [1.82, 2.24) is 10.2 Å². The number of carbonyl (C=O) groups is 2. The van der Waals surface area contributed by atoms with Crippen molar-refractivity contribution in [2.24, 2.45) is 0 Å². The van der Waals surface area contributed by atoms with Crippen molar-refractivity contribution in [3.63, 3.8) is 0 Å². The van der Waals surface area contributed by atoms with E-state index in [1.165, 1.54) is 12.8 Å². The van der Waals surface area contributed by atoms with Crippen molar-refractivity contribution < 1.29 is 19.4 Å².